The Hall–Kier alpha value is -5.11. The number of carboxylic acid groups (broad SMARTS) is 1. The van der Waals surface area contributed by atoms with Crippen molar-refractivity contribution in [2.75, 3.05) is 72.6 Å². The van der Waals surface area contributed by atoms with Gasteiger partial charge in [-0.25, -0.2) is 4.79 Å². The number of hydrogen-bond donors (Lipinski definition) is 4. The lowest BCUT2D eigenvalue weighted by Gasteiger charge is -2.35. The molecule has 2 saturated carbocycles. The van der Waals surface area contributed by atoms with Crippen LogP contribution in [0.25, 0.3) is 0 Å². The van der Waals surface area contributed by atoms with Gasteiger partial charge in [-0.05, 0) is 181 Å². The SMILES string of the molecule is C.C.CCCOc1cccc(N)n1.CCCOc1cccc(N)n1.CCCOc1cccc(NC(=O)c2ccc(I)cc2N2CCC3(CC2)CC3)n1.O=C(O)c1ccc(I)cc1N1CCC2(CC1)CC2. The average Bonchev–Trinajstić information content (AvgIpc) is 4.28. The predicted octanol–water partition coefficient (Wildman–Crippen LogP) is 12.7. The maximum Gasteiger partial charge on any atom is 0.337 e. The van der Waals surface area contributed by atoms with Gasteiger partial charge in [-0.2, -0.15) is 15.0 Å². The van der Waals surface area contributed by atoms with Gasteiger partial charge in [0.25, 0.3) is 5.91 Å². The zero-order valence-corrected chi connectivity index (χ0v) is 43.8. The third-order valence-electron chi connectivity index (χ3n) is 12.5. The molecule has 0 radical (unpaired) electrons. The van der Waals surface area contributed by atoms with Crippen molar-refractivity contribution in [1.29, 1.82) is 0 Å². The van der Waals surface area contributed by atoms with E-state index >= 15 is 0 Å². The van der Waals surface area contributed by atoms with Crippen LogP contribution in [0.3, 0.4) is 0 Å². The van der Waals surface area contributed by atoms with E-state index in [4.69, 9.17) is 25.7 Å². The molecule has 1 amide bonds. The summed E-state index contributed by atoms with van der Waals surface area (Å²) < 4.78 is 18.3. The summed E-state index contributed by atoms with van der Waals surface area (Å²) in [5.74, 6) is 2.30. The summed E-state index contributed by atoms with van der Waals surface area (Å²) in [6.45, 7) is 12.2. The van der Waals surface area contributed by atoms with Crippen LogP contribution in [-0.4, -0.2) is 77.9 Å². The minimum Gasteiger partial charge on any atom is -0.478 e. The van der Waals surface area contributed by atoms with E-state index in [2.05, 4.69) is 88.2 Å². The summed E-state index contributed by atoms with van der Waals surface area (Å²) >= 11 is 4.56. The average molecular weight is 1190 g/mol. The van der Waals surface area contributed by atoms with E-state index in [1.165, 1.54) is 51.4 Å². The Labute approximate surface area is 443 Å². The molecule has 0 atom stereocenters. The van der Waals surface area contributed by atoms with Gasteiger partial charge in [-0.3, -0.25) is 4.79 Å². The fraction of sp³-hybridized carbons (Fsp3) is 0.463. The van der Waals surface area contributed by atoms with Gasteiger partial charge in [0.15, 0.2) is 0 Å². The van der Waals surface area contributed by atoms with Gasteiger partial charge in [0, 0.05) is 51.5 Å². The minimum atomic E-state index is -0.826. The lowest BCUT2D eigenvalue weighted by atomic mass is 9.93. The van der Waals surface area contributed by atoms with Crippen LogP contribution in [0, 0.1) is 18.0 Å². The highest BCUT2D eigenvalue weighted by atomic mass is 127. The van der Waals surface area contributed by atoms with Gasteiger partial charge in [0.1, 0.15) is 17.5 Å². The molecule has 2 saturated heterocycles. The number of carbonyl (C=O) groups is 2. The molecule has 4 aliphatic rings. The van der Waals surface area contributed by atoms with Crippen LogP contribution in [-0.2, 0) is 0 Å². The highest BCUT2D eigenvalue weighted by molar-refractivity contribution is 14.1. The molecule has 6 N–H and O–H groups in total. The highest BCUT2D eigenvalue weighted by Crippen LogP contribution is 2.55. The summed E-state index contributed by atoms with van der Waals surface area (Å²) in [5, 5.41) is 12.2. The normalized spacial score (nSPS) is 15.4. The zero-order chi connectivity index (χ0) is 48.5. The maximum absolute atomic E-state index is 13.0. The number of amides is 1. The number of piperidine rings is 2. The minimum absolute atomic E-state index is 0. The number of rotatable bonds is 14. The van der Waals surface area contributed by atoms with Crippen molar-refractivity contribution >= 4 is 85.9 Å². The van der Waals surface area contributed by atoms with E-state index in [0.29, 0.717) is 76.9 Å². The number of carboxylic acids is 1. The standard InChI is InChI=1S/C22H26IN3O2.C14H16INO2.2C8H12N2O.2CH4/c1-2-14-28-20-5-3-4-19(24-20)25-21(27)17-7-6-16(23)15-18(17)26-12-10-22(8-9-22)11-13-26;15-10-1-2-11(13(17)18)12(9-10)16-7-5-14(3-4-14)6-8-16;2*1-2-6-11-8-5-3-4-7(9)10-8;;/h3-7,15H,2,8-14H2,1H3,(H,24,25,27);1-2,9H,3-8H2,(H,17,18);2*3-5H,2,6H2,1H3,(H2,9,10);2*1H4. The number of nitrogens with zero attached hydrogens (tertiary/aromatic N) is 5. The molecule has 3 aromatic heterocycles. The number of aromatic nitrogens is 3. The van der Waals surface area contributed by atoms with Crippen molar-refractivity contribution in [1.82, 2.24) is 15.0 Å². The Bertz CT molecular complexity index is 2360. The first-order chi connectivity index (χ1) is 32.8. The number of halogens is 2. The molecule has 2 spiro atoms. The second kappa shape index (κ2) is 28.1. The Morgan fingerprint density at radius 1 is 0.586 bits per heavy atom. The van der Waals surface area contributed by atoms with Crippen molar-refractivity contribution in [2.45, 2.75) is 106 Å². The monoisotopic (exact) mass is 1180 g/mol. The largest absolute Gasteiger partial charge is 0.478 e. The molecule has 16 heteroatoms. The third-order valence-corrected chi connectivity index (χ3v) is 13.8. The Kier molecular flexibility index (Phi) is 23.0. The quantitative estimate of drug-likeness (QED) is 0.0769. The molecule has 0 unspecified atom stereocenters. The van der Waals surface area contributed by atoms with Crippen molar-refractivity contribution in [3.63, 3.8) is 0 Å². The van der Waals surface area contributed by atoms with E-state index in [1.807, 2.05) is 62.4 Å². The molecule has 70 heavy (non-hydrogen) atoms. The molecular weight excluding hydrogens is 1110 g/mol. The van der Waals surface area contributed by atoms with Gasteiger partial charge in [-0.15, -0.1) is 0 Å². The number of aromatic carboxylic acids is 1. The molecule has 2 aliphatic heterocycles. The Morgan fingerprint density at radius 3 is 1.36 bits per heavy atom. The summed E-state index contributed by atoms with van der Waals surface area (Å²) in [7, 11) is 0. The number of anilines is 5. The smallest absolute Gasteiger partial charge is 0.337 e. The third kappa shape index (κ3) is 17.6. The van der Waals surface area contributed by atoms with E-state index in [1.54, 1.807) is 36.4 Å². The fourth-order valence-electron chi connectivity index (χ4n) is 8.09. The first-order valence-corrected chi connectivity index (χ1v) is 25.9. The summed E-state index contributed by atoms with van der Waals surface area (Å²) in [4.78, 5) is 41.3. The Balaban J connectivity index is 0.000000218. The highest BCUT2D eigenvalue weighted by Gasteiger charge is 2.45. The van der Waals surface area contributed by atoms with E-state index in [-0.39, 0.29) is 20.8 Å². The molecule has 380 valence electrons. The van der Waals surface area contributed by atoms with Crippen LogP contribution < -0.4 is 40.8 Å². The molecule has 4 fully saturated rings. The summed E-state index contributed by atoms with van der Waals surface area (Å²) in [6.07, 6.45) is 13.3. The van der Waals surface area contributed by atoms with E-state index < -0.39 is 5.97 Å². The fourth-order valence-corrected chi connectivity index (χ4v) is 9.04. The first-order valence-electron chi connectivity index (χ1n) is 23.8. The maximum atomic E-state index is 13.0. The van der Waals surface area contributed by atoms with E-state index in [0.717, 1.165) is 64.0 Å². The summed E-state index contributed by atoms with van der Waals surface area (Å²) in [5.41, 5.74) is 15.2. The van der Waals surface area contributed by atoms with Crippen LogP contribution in [0.15, 0.2) is 91.0 Å². The van der Waals surface area contributed by atoms with E-state index in [9.17, 15) is 14.7 Å². The van der Waals surface area contributed by atoms with Gasteiger partial charge < -0.3 is 45.9 Å². The van der Waals surface area contributed by atoms with Gasteiger partial charge in [-0.1, -0.05) is 53.8 Å². The van der Waals surface area contributed by atoms with Crippen LogP contribution in [0.2, 0.25) is 0 Å². The molecule has 2 aliphatic carbocycles. The van der Waals surface area contributed by atoms with Crippen LogP contribution in [0.5, 0.6) is 17.6 Å². The van der Waals surface area contributed by atoms with Crippen molar-refractivity contribution in [3.05, 3.63) is 109 Å². The molecule has 2 aromatic carbocycles. The molecular formula is C54H74I2N8O6. The predicted molar refractivity (Wildman–Crippen MR) is 302 cm³/mol. The number of nitrogens with one attached hydrogen (secondary N) is 1. The molecule has 5 heterocycles. The number of nitrogens with two attached hydrogens (primary N) is 2. The molecule has 5 aromatic rings. The van der Waals surface area contributed by atoms with Gasteiger partial charge in [0.2, 0.25) is 17.6 Å². The van der Waals surface area contributed by atoms with Gasteiger partial charge in [0.05, 0.1) is 42.3 Å². The van der Waals surface area contributed by atoms with Gasteiger partial charge >= 0.3 is 5.97 Å². The first kappa shape index (κ1) is 57.5. The lowest BCUT2D eigenvalue weighted by Crippen LogP contribution is -2.35. The number of ether oxygens (including phenoxy) is 3. The molecule has 0 bridgehead atoms. The zero-order valence-electron chi connectivity index (χ0n) is 39.5. The number of pyridine rings is 3. The molecule has 9 rings (SSSR count). The second-order valence-electron chi connectivity index (χ2n) is 17.8. The van der Waals surface area contributed by atoms with Crippen molar-refractivity contribution in [2.24, 2.45) is 10.8 Å². The van der Waals surface area contributed by atoms with Crippen LogP contribution >= 0.6 is 45.2 Å². The number of carbonyl (C=O) groups excluding carboxylic acids is 1. The van der Waals surface area contributed by atoms with Crippen molar-refractivity contribution < 1.29 is 28.9 Å². The lowest BCUT2D eigenvalue weighted by molar-refractivity contribution is 0.0697. The number of hydrogen-bond acceptors (Lipinski definition) is 12. The topological polar surface area (TPSA) is 191 Å². The van der Waals surface area contributed by atoms with Crippen molar-refractivity contribution in [3.8, 4) is 17.6 Å². The Morgan fingerprint density at radius 2 is 0.971 bits per heavy atom. The van der Waals surface area contributed by atoms with Crippen LogP contribution in [0.1, 0.15) is 127 Å². The molecule has 14 nitrogen and oxygen atoms in total. The second-order valence-corrected chi connectivity index (χ2v) is 20.3. The number of benzene rings is 2. The van der Waals surface area contributed by atoms with Crippen LogP contribution in [0.4, 0.5) is 28.8 Å². The number of nitrogen functional groups attached to an aromatic ring is 2. The summed E-state index contributed by atoms with van der Waals surface area (Å²) in [6, 6.07) is 27.8.